The summed E-state index contributed by atoms with van der Waals surface area (Å²) >= 11 is 0. The van der Waals surface area contributed by atoms with Gasteiger partial charge < -0.3 is 14.6 Å². The average molecular weight is 248 g/mol. The molecule has 2 amide bonds. The second kappa shape index (κ2) is 5.53. The minimum Gasteiger partial charge on any atom is -0.467 e. The van der Waals surface area contributed by atoms with Crippen LogP contribution in [0.25, 0.3) is 0 Å². The fraction of sp³-hybridized carbons (Fsp3) is 0.385. The number of carbonyl (C=O) groups excluding carboxylic acids is 2. The number of furan rings is 1. The Hall–Kier alpha value is -2.04. The second-order valence-corrected chi connectivity index (χ2v) is 4.19. The van der Waals surface area contributed by atoms with E-state index in [0.717, 1.165) is 6.42 Å². The number of likely N-dealkylation sites (tertiary alicyclic amines) is 1. The van der Waals surface area contributed by atoms with Crippen molar-refractivity contribution in [2.24, 2.45) is 0 Å². The van der Waals surface area contributed by atoms with Gasteiger partial charge >= 0.3 is 0 Å². The number of hydrogen-bond acceptors (Lipinski definition) is 3. The highest BCUT2D eigenvalue weighted by Crippen LogP contribution is 2.17. The molecule has 5 heteroatoms. The normalized spacial score (nSPS) is 18.7. The first-order chi connectivity index (χ1) is 8.72. The monoisotopic (exact) mass is 248 g/mol. The van der Waals surface area contributed by atoms with Gasteiger partial charge in [0, 0.05) is 6.54 Å². The lowest BCUT2D eigenvalue weighted by atomic mass is 10.2. The van der Waals surface area contributed by atoms with E-state index in [9.17, 15) is 9.59 Å². The van der Waals surface area contributed by atoms with Gasteiger partial charge in [-0.15, -0.1) is 0 Å². The molecule has 1 aliphatic rings. The summed E-state index contributed by atoms with van der Waals surface area (Å²) in [6.45, 7) is 4.41. The molecule has 2 heterocycles. The minimum absolute atomic E-state index is 0.140. The van der Waals surface area contributed by atoms with Gasteiger partial charge in [-0.2, -0.15) is 0 Å². The first-order valence-corrected chi connectivity index (χ1v) is 5.95. The highest BCUT2D eigenvalue weighted by molar-refractivity contribution is 5.93. The molecule has 1 aromatic heterocycles. The Morgan fingerprint density at radius 3 is 3.11 bits per heavy atom. The molecule has 96 valence electrons. The number of amides is 2. The molecular formula is C13H16N2O3. The third-order valence-electron chi connectivity index (χ3n) is 3.03. The standard InChI is InChI=1S/C13H16N2O3/c1-2-12(16)15-7-3-6-11(15)13(17)14-9-10-5-4-8-18-10/h2,4-5,8,11H,1,3,6-7,9H2,(H,14,17). The van der Waals surface area contributed by atoms with Gasteiger partial charge in [-0.05, 0) is 31.1 Å². The van der Waals surface area contributed by atoms with Crippen molar-refractivity contribution < 1.29 is 14.0 Å². The van der Waals surface area contributed by atoms with Crippen LogP contribution >= 0.6 is 0 Å². The van der Waals surface area contributed by atoms with Crippen molar-refractivity contribution in [2.75, 3.05) is 6.54 Å². The summed E-state index contributed by atoms with van der Waals surface area (Å²) in [5.41, 5.74) is 0. The van der Waals surface area contributed by atoms with Crippen LogP contribution < -0.4 is 5.32 Å². The minimum atomic E-state index is -0.384. The first-order valence-electron chi connectivity index (χ1n) is 5.95. The van der Waals surface area contributed by atoms with E-state index < -0.39 is 0 Å². The highest BCUT2D eigenvalue weighted by Gasteiger charge is 2.32. The van der Waals surface area contributed by atoms with Gasteiger partial charge in [-0.1, -0.05) is 6.58 Å². The van der Waals surface area contributed by atoms with E-state index in [0.29, 0.717) is 25.3 Å². The molecule has 0 spiro atoms. The molecule has 5 nitrogen and oxygen atoms in total. The predicted octanol–water partition coefficient (Wildman–Crippen LogP) is 1.07. The van der Waals surface area contributed by atoms with Crippen LogP contribution in [-0.4, -0.2) is 29.3 Å². The molecule has 1 aliphatic heterocycles. The molecule has 1 atom stereocenters. The lowest BCUT2D eigenvalue weighted by Crippen LogP contribution is -2.45. The highest BCUT2D eigenvalue weighted by atomic mass is 16.3. The molecule has 1 N–H and O–H groups in total. The Kier molecular flexibility index (Phi) is 3.82. The molecule has 0 saturated carbocycles. The summed E-state index contributed by atoms with van der Waals surface area (Å²) in [4.78, 5) is 25.1. The maximum atomic E-state index is 12.0. The summed E-state index contributed by atoms with van der Waals surface area (Å²) in [6.07, 6.45) is 4.35. The van der Waals surface area contributed by atoms with E-state index in [1.54, 1.807) is 23.3 Å². The zero-order valence-electron chi connectivity index (χ0n) is 10.1. The molecule has 2 rings (SSSR count). The van der Waals surface area contributed by atoms with E-state index >= 15 is 0 Å². The fourth-order valence-electron chi connectivity index (χ4n) is 2.13. The van der Waals surface area contributed by atoms with Crippen molar-refractivity contribution in [3.8, 4) is 0 Å². The number of rotatable bonds is 4. The first kappa shape index (κ1) is 12.4. The fourth-order valence-corrected chi connectivity index (χ4v) is 2.13. The molecule has 1 aromatic rings. The third-order valence-corrected chi connectivity index (χ3v) is 3.03. The molecule has 0 aromatic carbocycles. The number of nitrogens with zero attached hydrogens (tertiary/aromatic N) is 1. The van der Waals surface area contributed by atoms with Gasteiger partial charge in [-0.3, -0.25) is 9.59 Å². The average Bonchev–Trinajstić information content (AvgIpc) is 3.05. The molecule has 18 heavy (non-hydrogen) atoms. The van der Waals surface area contributed by atoms with Crippen LogP contribution in [0.1, 0.15) is 18.6 Å². The Morgan fingerprint density at radius 2 is 2.44 bits per heavy atom. The molecule has 0 radical (unpaired) electrons. The van der Waals surface area contributed by atoms with Crippen molar-refractivity contribution in [1.29, 1.82) is 0 Å². The summed E-state index contributed by atoms with van der Waals surface area (Å²) in [5, 5.41) is 2.78. The van der Waals surface area contributed by atoms with Crippen LogP contribution in [0.2, 0.25) is 0 Å². The SMILES string of the molecule is C=CC(=O)N1CCCC1C(=O)NCc1ccco1. The Labute approximate surface area is 105 Å². The van der Waals surface area contributed by atoms with Crippen LogP contribution in [0.15, 0.2) is 35.5 Å². The van der Waals surface area contributed by atoms with Gasteiger partial charge in [0.05, 0.1) is 12.8 Å². The largest absolute Gasteiger partial charge is 0.467 e. The lowest BCUT2D eigenvalue weighted by molar-refractivity contribution is -0.135. The van der Waals surface area contributed by atoms with Gasteiger partial charge in [0.15, 0.2) is 0 Å². The smallest absolute Gasteiger partial charge is 0.246 e. The van der Waals surface area contributed by atoms with E-state index in [4.69, 9.17) is 4.42 Å². The predicted molar refractivity (Wildman–Crippen MR) is 65.5 cm³/mol. The summed E-state index contributed by atoms with van der Waals surface area (Å²) in [5.74, 6) is 0.368. The molecule has 0 aliphatic carbocycles. The molecule has 1 saturated heterocycles. The molecule has 0 bridgehead atoms. The topological polar surface area (TPSA) is 62.6 Å². The second-order valence-electron chi connectivity index (χ2n) is 4.19. The summed E-state index contributed by atoms with van der Waals surface area (Å²) in [7, 11) is 0. The van der Waals surface area contributed by atoms with Gasteiger partial charge in [0.1, 0.15) is 11.8 Å². The molecular weight excluding hydrogens is 232 g/mol. The maximum absolute atomic E-state index is 12.0. The van der Waals surface area contributed by atoms with Crippen LogP contribution in [0, 0.1) is 0 Å². The van der Waals surface area contributed by atoms with Crippen molar-refractivity contribution in [3.05, 3.63) is 36.8 Å². The van der Waals surface area contributed by atoms with E-state index in [2.05, 4.69) is 11.9 Å². The van der Waals surface area contributed by atoms with Crippen LogP contribution in [0.3, 0.4) is 0 Å². The number of carbonyl (C=O) groups is 2. The Balaban J connectivity index is 1.91. The van der Waals surface area contributed by atoms with Gasteiger partial charge in [-0.25, -0.2) is 0 Å². The number of hydrogen-bond donors (Lipinski definition) is 1. The van der Waals surface area contributed by atoms with Crippen molar-refractivity contribution in [1.82, 2.24) is 10.2 Å². The molecule has 1 unspecified atom stereocenters. The Morgan fingerprint density at radius 1 is 1.61 bits per heavy atom. The van der Waals surface area contributed by atoms with E-state index in [-0.39, 0.29) is 17.9 Å². The van der Waals surface area contributed by atoms with Gasteiger partial charge in [0.25, 0.3) is 0 Å². The summed E-state index contributed by atoms with van der Waals surface area (Å²) < 4.78 is 5.13. The van der Waals surface area contributed by atoms with Crippen LogP contribution in [-0.2, 0) is 16.1 Å². The maximum Gasteiger partial charge on any atom is 0.246 e. The van der Waals surface area contributed by atoms with Crippen LogP contribution in [0.5, 0.6) is 0 Å². The quantitative estimate of drug-likeness (QED) is 0.811. The zero-order chi connectivity index (χ0) is 13.0. The lowest BCUT2D eigenvalue weighted by Gasteiger charge is -2.22. The zero-order valence-corrected chi connectivity index (χ0v) is 10.1. The third kappa shape index (κ3) is 2.61. The van der Waals surface area contributed by atoms with Crippen molar-refractivity contribution >= 4 is 11.8 Å². The van der Waals surface area contributed by atoms with E-state index in [1.165, 1.54) is 6.08 Å². The number of nitrogens with one attached hydrogen (secondary N) is 1. The summed E-state index contributed by atoms with van der Waals surface area (Å²) in [6, 6.07) is 3.18. The van der Waals surface area contributed by atoms with Crippen molar-refractivity contribution in [2.45, 2.75) is 25.4 Å². The Bertz CT molecular complexity index is 439. The van der Waals surface area contributed by atoms with E-state index in [1.807, 2.05) is 0 Å². The van der Waals surface area contributed by atoms with Crippen LogP contribution in [0.4, 0.5) is 0 Å². The molecule has 1 fully saturated rings. The van der Waals surface area contributed by atoms with Crippen molar-refractivity contribution in [3.63, 3.8) is 0 Å². The van der Waals surface area contributed by atoms with Gasteiger partial charge in [0.2, 0.25) is 11.8 Å².